The maximum Gasteiger partial charge on any atom is 0.334 e. The second kappa shape index (κ2) is 8.73. The number of alkyl halides is 1. The van der Waals surface area contributed by atoms with Gasteiger partial charge in [-0.2, -0.15) is 4.39 Å². The zero-order valence-corrected chi connectivity index (χ0v) is 14.1. The summed E-state index contributed by atoms with van der Waals surface area (Å²) in [7, 11) is 0. The number of halogens is 3. The van der Waals surface area contributed by atoms with E-state index in [0.717, 1.165) is 12.1 Å². The van der Waals surface area contributed by atoms with Gasteiger partial charge in [-0.05, 0) is 32.9 Å². The second-order valence-electron chi connectivity index (χ2n) is 4.45. The number of ether oxygens (including phenoxy) is 3. The number of benzene rings is 1. The molecular formula is C15H17BrF2O4. The molecule has 0 saturated carbocycles. The first-order chi connectivity index (χ1) is 10.4. The first-order valence-electron chi connectivity index (χ1n) is 6.64. The predicted octanol–water partition coefficient (Wildman–Crippen LogP) is 3.97. The monoisotopic (exact) mass is 378 g/mol. The zero-order valence-electron chi connectivity index (χ0n) is 12.5. The highest BCUT2D eigenvalue weighted by molar-refractivity contribution is 9.09. The summed E-state index contributed by atoms with van der Waals surface area (Å²) in [4.78, 5) is 11.4. The third-order valence-corrected chi connectivity index (χ3v) is 2.86. The smallest absolute Gasteiger partial charge is 0.334 e. The van der Waals surface area contributed by atoms with Crippen LogP contribution in [0.4, 0.5) is 8.78 Å². The molecule has 7 heteroatoms. The second-order valence-corrected chi connectivity index (χ2v) is 5.01. The molecule has 0 saturated heterocycles. The average Bonchev–Trinajstić information content (AvgIpc) is 2.45. The summed E-state index contributed by atoms with van der Waals surface area (Å²) in [6.07, 6.45) is 0.742. The van der Waals surface area contributed by atoms with Gasteiger partial charge in [-0.15, -0.1) is 0 Å². The van der Waals surface area contributed by atoms with Gasteiger partial charge in [0.25, 0.3) is 0 Å². The molecule has 0 heterocycles. The van der Waals surface area contributed by atoms with Crippen molar-refractivity contribution in [1.29, 1.82) is 0 Å². The Bertz CT molecular complexity index is 559. The van der Waals surface area contributed by atoms with Crippen LogP contribution >= 0.6 is 15.9 Å². The zero-order chi connectivity index (χ0) is 16.7. The van der Waals surface area contributed by atoms with Crippen molar-refractivity contribution in [2.75, 3.05) is 11.9 Å². The molecule has 0 N–H and O–H groups in total. The molecule has 1 rings (SSSR count). The molecule has 1 aromatic carbocycles. The fraction of sp³-hybridized carbons (Fsp3) is 0.400. The lowest BCUT2D eigenvalue weighted by molar-refractivity contribution is -0.137. The number of carbonyl (C=O) groups is 1. The molecule has 0 atom stereocenters. The molecule has 0 amide bonds. The van der Waals surface area contributed by atoms with Crippen LogP contribution < -0.4 is 9.47 Å². The van der Waals surface area contributed by atoms with E-state index in [1.165, 1.54) is 6.07 Å². The summed E-state index contributed by atoms with van der Waals surface area (Å²) in [6.45, 7) is 5.26. The molecule has 0 spiro atoms. The standard InChI is InChI=1S/C15H17BrF2O4/c1-4-20-13(19)7-10(8-16)22-15-11(17)5-6-12(14(15)18)21-9(2)3/h5-7,9H,4,8H2,1-3H3. The van der Waals surface area contributed by atoms with Gasteiger partial charge < -0.3 is 14.2 Å². The minimum atomic E-state index is -0.968. The highest BCUT2D eigenvalue weighted by Crippen LogP contribution is 2.31. The summed E-state index contributed by atoms with van der Waals surface area (Å²) in [5.41, 5.74) is 0. The highest BCUT2D eigenvalue weighted by atomic mass is 79.9. The van der Waals surface area contributed by atoms with Gasteiger partial charge in [0, 0.05) is 0 Å². The molecule has 0 bridgehead atoms. The van der Waals surface area contributed by atoms with Gasteiger partial charge in [0.2, 0.25) is 11.6 Å². The van der Waals surface area contributed by atoms with Crippen molar-refractivity contribution in [1.82, 2.24) is 0 Å². The molecule has 0 radical (unpaired) electrons. The SMILES string of the molecule is CCOC(=O)C=C(CBr)Oc1c(F)ccc(OC(C)C)c1F. The Morgan fingerprint density at radius 1 is 1.36 bits per heavy atom. The van der Waals surface area contributed by atoms with E-state index in [2.05, 4.69) is 15.9 Å². The molecule has 0 unspecified atom stereocenters. The van der Waals surface area contributed by atoms with Crippen LogP contribution in [0.1, 0.15) is 20.8 Å². The number of hydrogen-bond acceptors (Lipinski definition) is 4. The number of rotatable bonds is 7. The lowest BCUT2D eigenvalue weighted by atomic mass is 10.3. The number of hydrogen-bond donors (Lipinski definition) is 0. The summed E-state index contributed by atoms with van der Waals surface area (Å²) >= 11 is 3.08. The van der Waals surface area contributed by atoms with Crippen molar-refractivity contribution in [2.45, 2.75) is 26.9 Å². The van der Waals surface area contributed by atoms with E-state index in [1.54, 1.807) is 20.8 Å². The fourth-order valence-electron chi connectivity index (χ4n) is 1.49. The van der Waals surface area contributed by atoms with E-state index >= 15 is 0 Å². The van der Waals surface area contributed by atoms with Crippen molar-refractivity contribution in [3.63, 3.8) is 0 Å². The first-order valence-corrected chi connectivity index (χ1v) is 7.77. The van der Waals surface area contributed by atoms with Gasteiger partial charge in [0.15, 0.2) is 11.6 Å². The van der Waals surface area contributed by atoms with E-state index in [1.807, 2.05) is 0 Å². The average molecular weight is 379 g/mol. The topological polar surface area (TPSA) is 44.8 Å². The Kier molecular flexibility index (Phi) is 7.31. The fourth-order valence-corrected chi connectivity index (χ4v) is 1.77. The van der Waals surface area contributed by atoms with Gasteiger partial charge in [0.1, 0.15) is 5.76 Å². The van der Waals surface area contributed by atoms with Crippen LogP contribution in [0.2, 0.25) is 0 Å². The third-order valence-electron chi connectivity index (χ3n) is 2.31. The molecule has 4 nitrogen and oxygen atoms in total. The van der Waals surface area contributed by atoms with Gasteiger partial charge in [-0.1, -0.05) is 15.9 Å². The number of carbonyl (C=O) groups excluding carboxylic acids is 1. The molecule has 1 aromatic rings. The third kappa shape index (κ3) is 5.29. The normalized spacial score (nSPS) is 11.5. The molecule has 122 valence electrons. The van der Waals surface area contributed by atoms with Crippen LogP contribution in [-0.4, -0.2) is 24.0 Å². The van der Waals surface area contributed by atoms with Crippen LogP contribution in [0, 0.1) is 11.6 Å². The van der Waals surface area contributed by atoms with Crippen LogP contribution in [0.3, 0.4) is 0 Å². The van der Waals surface area contributed by atoms with Crippen molar-refractivity contribution in [2.24, 2.45) is 0 Å². The largest absolute Gasteiger partial charge is 0.488 e. The van der Waals surface area contributed by atoms with Gasteiger partial charge in [-0.25, -0.2) is 9.18 Å². The van der Waals surface area contributed by atoms with Gasteiger partial charge in [0.05, 0.1) is 24.1 Å². The molecule has 0 fully saturated rings. The Morgan fingerprint density at radius 2 is 2.05 bits per heavy atom. The van der Waals surface area contributed by atoms with E-state index in [0.29, 0.717) is 0 Å². The minimum absolute atomic E-state index is 0.0120. The van der Waals surface area contributed by atoms with Gasteiger partial charge in [-0.3, -0.25) is 0 Å². The van der Waals surface area contributed by atoms with Crippen molar-refractivity contribution >= 4 is 21.9 Å². The van der Waals surface area contributed by atoms with Crippen LogP contribution in [-0.2, 0) is 9.53 Å². The van der Waals surface area contributed by atoms with Gasteiger partial charge >= 0.3 is 5.97 Å². The Morgan fingerprint density at radius 3 is 2.59 bits per heavy atom. The Balaban J connectivity index is 3.07. The maximum absolute atomic E-state index is 14.2. The Hall–Kier alpha value is -1.63. The van der Waals surface area contributed by atoms with E-state index in [9.17, 15) is 13.6 Å². The molecule has 22 heavy (non-hydrogen) atoms. The summed E-state index contributed by atoms with van der Waals surface area (Å²) in [6, 6.07) is 2.22. The predicted molar refractivity (Wildman–Crippen MR) is 81.3 cm³/mol. The maximum atomic E-state index is 14.2. The quantitative estimate of drug-likeness (QED) is 0.311. The van der Waals surface area contributed by atoms with Crippen LogP contribution in [0.15, 0.2) is 24.0 Å². The van der Waals surface area contributed by atoms with Crippen LogP contribution in [0.25, 0.3) is 0 Å². The first kappa shape index (κ1) is 18.4. The number of allylic oxidation sites excluding steroid dienone is 1. The van der Waals surface area contributed by atoms with E-state index in [4.69, 9.17) is 14.2 Å². The summed E-state index contributed by atoms with van der Waals surface area (Å²) in [5.74, 6) is -3.27. The minimum Gasteiger partial charge on any atom is -0.488 e. The Labute approximate surface area is 136 Å². The lowest BCUT2D eigenvalue weighted by Crippen LogP contribution is -2.10. The molecular weight excluding hydrogens is 362 g/mol. The summed E-state index contributed by atoms with van der Waals surface area (Å²) in [5, 5.41) is 0.0833. The summed E-state index contributed by atoms with van der Waals surface area (Å²) < 4.78 is 43.1. The lowest BCUT2D eigenvalue weighted by Gasteiger charge is -2.14. The highest BCUT2D eigenvalue weighted by Gasteiger charge is 2.19. The van der Waals surface area contributed by atoms with Crippen molar-refractivity contribution < 1.29 is 27.8 Å². The van der Waals surface area contributed by atoms with Crippen molar-refractivity contribution in [3.05, 3.63) is 35.6 Å². The van der Waals surface area contributed by atoms with E-state index in [-0.39, 0.29) is 29.5 Å². The van der Waals surface area contributed by atoms with Crippen molar-refractivity contribution in [3.8, 4) is 11.5 Å². The number of esters is 1. The molecule has 0 aliphatic carbocycles. The molecule has 0 aliphatic heterocycles. The van der Waals surface area contributed by atoms with E-state index < -0.39 is 23.4 Å². The van der Waals surface area contributed by atoms with Crippen LogP contribution in [0.5, 0.6) is 11.5 Å². The molecule has 0 aliphatic rings. The molecule has 0 aromatic heterocycles.